The molecule has 0 heterocycles. The van der Waals surface area contributed by atoms with Crippen LogP contribution in [0.2, 0.25) is 12.1 Å². The molecule has 1 saturated carbocycles. The molecule has 79 valence electrons. The van der Waals surface area contributed by atoms with Crippen molar-refractivity contribution in [2.24, 2.45) is 17.8 Å². The van der Waals surface area contributed by atoms with E-state index in [2.05, 4.69) is 26.0 Å². The van der Waals surface area contributed by atoms with Gasteiger partial charge in [0.05, 0.1) is 0 Å². The average molecular weight is 209 g/mol. The van der Waals surface area contributed by atoms with Gasteiger partial charge in [0.25, 0.3) is 0 Å². The van der Waals surface area contributed by atoms with Gasteiger partial charge in [-0.1, -0.05) is 26.0 Å². The summed E-state index contributed by atoms with van der Waals surface area (Å²) in [7, 11) is -0.451. The van der Waals surface area contributed by atoms with E-state index in [4.69, 9.17) is 4.43 Å². The summed E-state index contributed by atoms with van der Waals surface area (Å²) >= 11 is 0. The zero-order valence-corrected chi connectivity index (χ0v) is 10.3. The highest BCUT2D eigenvalue weighted by Crippen LogP contribution is 2.43. The van der Waals surface area contributed by atoms with E-state index in [9.17, 15) is 0 Å². The Labute approximate surface area is 89.3 Å². The van der Waals surface area contributed by atoms with Crippen molar-refractivity contribution < 1.29 is 4.43 Å². The van der Waals surface area contributed by atoms with Crippen LogP contribution in [0.25, 0.3) is 0 Å². The maximum Gasteiger partial charge on any atom is 0.210 e. The third kappa shape index (κ3) is 2.11. The molecule has 1 nitrogen and oxygen atoms in total. The van der Waals surface area contributed by atoms with Crippen LogP contribution in [0, 0.1) is 17.8 Å². The SMILES string of the molecule is CC[Si](CC)OCC1CC2C=CC1C2. The summed E-state index contributed by atoms with van der Waals surface area (Å²) < 4.78 is 6.04. The highest BCUT2D eigenvalue weighted by molar-refractivity contribution is 6.51. The van der Waals surface area contributed by atoms with E-state index in [1.807, 2.05) is 0 Å². The van der Waals surface area contributed by atoms with Gasteiger partial charge >= 0.3 is 0 Å². The van der Waals surface area contributed by atoms with Gasteiger partial charge in [0.2, 0.25) is 9.04 Å². The molecule has 0 aliphatic heterocycles. The van der Waals surface area contributed by atoms with E-state index in [1.54, 1.807) is 0 Å². The normalized spacial score (nSPS) is 34.6. The van der Waals surface area contributed by atoms with E-state index >= 15 is 0 Å². The lowest BCUT2D eigenvalue weighted by atomic mass is 9.95. The molecule has 0 saturated heterocycles. The molecule has 2 rings (SSSR count). The van der Waals surface area contributed by atoms with Crippen LogP contribution in [0.3, 0.4) is 0 Å². The van der Waals surface area contributed by atoms with Crippen molar-refractivity contribution in [1.82, 2.24) is 0 Å². The van der Waals surface area contributed by atoms with E-state index in [0.717, 1.165) is 24.4 Å². The van der Waals surface area contributed by atoms with E-state index < -0.39 is 9.04 Å². The zero-order chi connectivity index (χ0) is 9.97. The first-order chi connectivity index (χ1) is 6.83. The van der Waals surface area contributed by atoms with Crippen molar-refractivity contribution in [2.45, 2.75) is 38.8 Å². The topological polar surface area (TPSA) is 9.23 Å². The molecule has 2 aliphatic carbocycles. The lowest BCUT2D eigenvalue weighted by Gasteiger charge is -2.20. The standard InChI is InChI=1S/C12H21OSi/c1-3-14(4-2)13-9-12-8-10-5-6-11(12)7-10/h5-6,10-12H,3-4,7-9H2,1-2H3. The van der Waals surface area contributed by atoms with E-state index in [1.165, 1.54) is 24.9 Å². The maximum absolute atomic E-state index is 6.04. The Balaban J connectivity index is 1.74. The quantitative estimate of drug-likeness (QED) is 0.499. The lowest BCUT2D eigenvalue weighted by Crippen LogP contribution is -2.22. The highest BCUT2D eigenvalue weighted by atomic mass is 28.3. The van der Waals surface area contributed by atoms with Crippen LogP contribution in [0.5, 0.6) is 0 Å². The van der Waals surface area contributed by atoms with Crippen LogP contribution in [-0.4, -0.2) is 15.6 Å². The molecular formula is C12H21OSi. The molecule has 0 amide bonds. The smallest absolute Gasteiger partial charge is 0.210 e. The van der Waals surface area contributed by atoms with Gasteiger partial charge in [-0.25, -0.2) is 0 Å². The van der Waals surface area contributed by atoms with Crippen molar-refractivity contribution in [3.63, 3.8) is 0 Å². The molecular weight excluding hydrogens is 188 g/mol. The van der Waals surface area contributed by atoms with Gasteiger partial charge in [-0.05, 0) is 42.7 Å². The van der Waals surface area contributed by atoms with Gasteiger partial charge in [0, 0.05) is 6.61 Å². The summed E-state index contributed by atoms with van der Waals surface area (Å²) in [6, 6.07) is 2.52. The van der Waals surface area contributed by atoms with Gasteiger partial charge in [-0.15, -0.1) is 0 Å². The second kappa shape index (κ2) is 4.62. The average Bonchev–Trinajstić information content (AvgIpc) is 2.80. The largest absolute Gasteiger partial charge is 0.416 e. The molecule has 0 N–H and O–H groups in total. The minimum Gasteiger partial charge on any atom is -0.416 e. The fraction of sp³-hybridized carbons (Fsp3) is 0.833. The molecule has 1 fully saturated rings. The minimum absolute atomic E-state index is 0.451. The fourth-order valence-corrected chi connectivity index (χ4v) is 4.12. The molecule has 0 spiro atoms. The van der Waals surface area contributed by atoms with Crippen LogP contribution in [0.15, 0.2) is 12.2 Å². The van der Waals surface area contributed by atoms with Crippen molar-refractivity contribution in [3.8, 4) is 0 Å². The van der Waals surface area contributed by atoms with Crippen LogP contribution >= 0.6 is 0 Å². The molecule has 0 aromatic rings. The van der Waals surface area contributed by atoms with Crippen molar-refractivity contribution in [2.75, 3.05) is 6.61 Å². The second-order valence-corrected chi connectivity index (χ2v) is 7.38. The Hall–Kier alpha value is -0.0831. The lowest BCUT2D eigenvalue weighted by molar-refractivity contribution is 0.227. The second-order valence-electron chi connectivity index (χ2n) is 4.60. The molecule has 2 bridgehead atoms. The molecule has 2 aliphatic rings. The first-order valence-corrected chi connectivity index (χ1v) is 7.81. The monoisotopic (exact) mass is 209 g/mol. The molecule has 2 heteroatoms. The number of hydrogen-bond donors (Lipinski definition) is 0. The van der Waals surface area contributed by atoms with Crippen LogP contribution < -0.4 is 0 Å². The summed E-state index contributed by atoms with van der Waals surface area (Å²) in [6.45, 7) is 5.57. The molecule has 14 heavy (non-hydrogen) atoms. The summed E-state index contributed by atoms with van der Waals surface area (Å²) in [5.41, 5.74) is 0. The van der Waals surface area contributed by atoms with E-state index in [-0.39, 0.29) is 0 Å². The molecule has 3 atom stereocenters. The number of allylic oxidation sites excluding steroid dienone is 2. The van der Waals surface area contributed by atoms with Crippen molar-refractivity contribution in [1.29, 1.82) is 0 Å². The highest BCUT2D eigenvalue weighted by Gasteiger charge is 2.35. The van der Waals surface area contributed by atoms with Crippen LogP contribution in [0.4, 0.5) is 0 Å². The molecule has 3 unspecified atom stereocenters. The third-order valence-electron chi connectivity index (χ3n) is 3.71. The summed E-state index contributed by atoms with van der Waals surface area (Å²) in [5, 5.41) is 0. The van der Waals surface area contributed by atoms with Gasteiger partial charge < -0.3 is 4.43 Å². The molecule has 1 radical (unpaired) electrons. The van der Waals surface area contributed by atoms with Crippen molar-refractivity contribution in [3.05, 3.63) is 12.2 Å². The summed E-state index contributed by atoms with van der Waals surface area (Å²) in [6.07, 6.45) is 7.64. The first-order valence-electron chi connectivity index (χ1n) is 5.99. The number of fused-ring (bicyclic) bond motifs is 2. The zero-order valence-electron chi connectivity index (χ0n) is 9.33. The number of rotatable bonds is 5. The van der Waals surface area contributed by atoms with Crippen LogP contribution in [0.1, 0.15) is 26.7 Å². The van der Waals surface area contributed by atoms with Crippen molar-refractivity contribution >= 4 is 9.04 Å². The predicted octanol–water partition coefficient (Wildman–Crippen LogP) is 3.25. The first kappa shape index (κ1) is 10.4. The number of hydrogen-bond acceptors (Lipinski definition) is 1. The Morgan fingerprint density at radius 2 is 2.00 bits per heavy atom. The third-order valence-corrected chi connectivity index (χ3v) is 5.86. The predicted molar refractivity (Wildman–Crippen MR) is 61.5 cm³/mol. The Kier molecular flexibility index (Phi) is 3.45. The Bertz CT molecular complexity index is 210. The minimum atomic E-state index is -0.451. The molecule has 0 aromatic carbocycles. The van der Waals surface area contributed by atoms with E-state index in [0.29, 0.717) is 0 Å². The summed E-state index contributed by atoms with van der Waals surface area (Å²) in [4.78, 5) is 0. The van der Waals surface area contributed by atoms with Gasteiger partial charge in [-0.3, -0.25) is 0 Å². The summed E-state index contributed by atoms with van der Waals surface area (Å²) in [5.74, 6) is 2.60. The van der Waals surface area contributed by atoms with Gasteiger partial charge in [0.15, 0.2) is 0 Å². The Morgan fingerprint density at radius 3 is 2.50 bits per heavy atom. The molecule has 0 aromatic heterocycles. The van der Waals surface area contributed by atoms with Gasteiger partial charge in [-0.2, -0.15) is 0 Å². The fourth-order valence-electron chi connectivity index (χ4n) is 2.77. The maximum atomic E-state index is 6.04. The van der Waals surface area contributed by atoms with Crippen LogP contribution in [-0.2, 0) is 4.43 Å². The van der Waals surface area contributed by atoms with Gasteiger partial charge in [0.1, 0.15) is 0 Å². The Morgan fingerprint density at radius 1 is 1.21 bits per heavy atom.